The van der Waals surface area contributed by atoms with Crippen LogP contribution in [0.2, 0.25) is 0 Å². The lowest BCUT2D eigenvalue weighted by atomic mass is 10.1. The normalized spacial score (nSPS) is 12.0. The second-order valence-corrected chi connectivity index (χ2v) is 5.74. The van der Waals surface area contributed by atoms with Crippen LogP contribution in [0.25, 0.3) is 0 Å². The summed E-state index contributed by atoms with van der Waals surface area (Å²) in [5, 5.41) is 0. The fourth-order valence-electron chi connectivity index (χ4n) is 2.13. The Hall–Kier alpha value is -2.02. The summed E-state index contributed by atoms with van der Waals surface area (Å²) in [5.74, 6) is 5.63. The number of carbonyl (C=O) groups excluding carboxylic acids is 2. The van der Waals surface area contributed by atoms with E-state index >= 15 is 0 Å². The van der Waals surface area contributed by atoms with Crippen molar-refractivity contribution in [2.75, 3.05) is 7.11 Å². The van der Waals surface area contributed by atoms with Crippen LogP contribution in [-0.4, -0.2) is 25.2 Å². The largest absolute Gasteiger partial charge is 0.469 e. The molecule has 0 N–H and O–H groups in total. The number of rotatable bonds is 12. The molecule has 4 heteroatoms. The molecule has 0 heterocycles. The third-order valence-corrected chi connectivity index (χ3v) is 3.43. The highest BCUT2D eigenvalue weighted by Gasteiger charge is 2.03. The van der Waals surface area contributed by atoms with Crippen LogP contribution in [-0.2, 0) is 19.1 Å². The Morgan fingerprint density at radius 2 is 1.76 bits per heavy atom. The van der Waals surface area contributed by atoms with Crippen molar-refractivity contribution in [1.29, 1.82) is 0 Å². The predicted octanol–water partition coefficient (Wildman–Crippen LogP) is 4.74. The zero-order chi connectivity index (χ0) is 18.8. The Kier molecular flexibility index (Phi) is 15.5. The molecule has 0 saturated heterocycles. The molecule has 0 bridgehead atoms. The Morgan fingerprint density at radius 1 is 1.04 bits per heavy atom. The van der Waals surface area contributed by atoms with E-state index in [1.54, 1.807) is 0 Å². The van der Waals surface area contributed by atoms with E-state index in [0.717, 1.165) is 51.4 Å². The average Bonchev–Trinajstić information content (AvgIpc) is 2.58. The highest BCUT2D eigenvalue weighted by atomic mass is 16.5. The Balaban J connectivity index is 3.97. The van der Waals surface area contributed by atoms with Gasteiger partial charge in [0, 0.05) is 19.8 Å². The Labute approximate surface area is 152 Å². The lowest BCUT2D eigenvalue weighted by Crippen LogP contribution is -2.11. The van der Waals surface area contributed by atoms with Crippen LogP contribution in [0.1, 0.15) is 71.6 Å². The summed E-state index contributed by atoms with van der Waals surface area (Å²) >= 11 is 0. The number of allylic oxidation sites excluding steroid dienone is 3. The van der Waals surface area contributed by atoms with Crippen molar-refractivity contribution in [1.82, 2.24) is 0 Å². The molecule has 0 spiro atoms. The van der Waals surface area contributed by atoms with Gasteiger partial charge in [0.25, 0.3) is 0 Å². The van der Waals surface area contributed by atoms with Gasteiger partial charge in [-0.2, -0.15) is 0 Å². The van der Waals surface area contributed by atoms with E-state index < -0.39 is 6.10 Å². The summed E-state index contributed by atoms with van der Waals surface area (Å²) in [6.45, 7) is 3.49. The zero-order valence-electron chi connectivity index (χ0n) is 15.9. The molecule has 4 nitrogen and oxygen atoms in total. The molecule has 0 aliphatic heterocycles. The molecule has 1 atom stereocenters. The van der Waals surface area contributed by atoms with Crippen molar-refractivity contribution in [3.63, 3.8) is 0 Å². The van der Waals surface area contributed by atoms with Crippen LogP contribution in [0, 0.1) is 11.8 Å². The summed E-state index contributed by atoms with van der Waals surface area (Å²) in [6, 6.07) is 0. The molecule has 0 saturated carbocycles. The minimum Gasteiger partial charge on any atom is -0.469 e. The fourth-order valence-corrected chi connectivity index (χ4v) is 2.13. The molecule has 1 unspecified atom stereocenters. The highest BCUT2D eigenvalue weighted by molar-refractivity contribution is 5.69. The standard InChI is InChI=1S/C21H32O4/c1-4-5-6-10-13-16-20(25-19(2)22)17-14-11-8-7-9-12-15-18-21(23)24-3/h5-6,13,16,20H,4,7-12,15,18H2,1-3H3/b6-5-,16-13+. The summed E-state index contributed by atoms with van der Waals surface area (Å²) < 4.78 is 9.79. The molecule has 0 amide bonds. The number of methoxy groups -OCH3 is 1. The molecular weight excluding hydrogens is 316 g/mol. The first-order chi connectivity index (χ1) is 12.1. The van der Waals surface area contributed by atoms with Crippen LogP contribution in [0.4, 0.5) is 0 Å². The van der Waals surface area contributed by atoms with Crippen LogP contribution in [0.3, 0.4) is 0 Å². The molecule has 0 radical (unpaired) electrons. The van der Waals surface area contributed by atoms with Gasteiger partial charge in [-0.25, -0.2) is 0 Å². The van der Waals surface area contributed by atoms with E-state index in [4.69, 9.17) is 4.74 Å². The van der Waals surface area contributed by atoms with Gasteiger partial charge in [-0.15, -0.1) is 0 Å². The van der Waals surface area contributed by atoms with Crippen LogP contribution < -0.4 is 0 Å². The number of hydrogen-bond acceptors (Lipinski definition) is 4. The maximum atomic E-state index is 11.1. The topological polar surface area (TPSA) is 52.6 Å². The SMILES string of the molecule is CC/C=C\C/C=C/C(C#CCCCCCCCC(=O)OC)OC(C)=O. The Morgan fingerprint density at radius 3 is 2.44 bits per heavy atom. The highest BCUT2D eigenvalue weighted by Crippen LogP contribution is 2.07. The van der Waals surface area contributed by atoms with Crippen LogP contribution >= 0.6 is 0 Å². The van der Waals surface area contributed by atoms with Gasteiger partial charge in [-0.3, -0.25) is 9.59 Å². The van der Waals surface area contributed by atoms with E-state index in [1.165, 1.54) is 14.0 Å². The third kappa shape index (κ3) is 16.6. The fraction of sp³-hybridized carbons (Fsp3) is 0.619. The number of hydrogen-bond donors (Lipinski definition) is 0. The number of esters is 2. The first kappa shape index (κ1) is 23.0. The van der Waals surface area contributed by atoms with Crippen molar-refractivity contribution >= 4 is 11.9 Å². The number of unbranched alkanes of at least 4 members (excludes halogenated alkanes) is 5. The van der Waals surface area contributed by atoms with Crippen molar-refractivity contribution in [2.45, 2.75) is 77.7 Å². The predicted molar refractivity (Wildman–Crippen MR) is 101 cm³/mol. The maximum absolute atomic E-state index is 11.1. The Bertz CT molecular complexity index is 480. The summed E-state index contributed by atoms with van der Waals surface area (Å²) in [7, 11) is 1.42. The molecule has 0 fully saturated rings. The maximum Gasteiger partial charge on any atom is 0.305 e. The monoisotopic (exact) mass is 348 g/mol. The molecule has 0 aromatic rings. The van der Waals surface area contributed by atoms with Gasteiger partial charge >= 0.3 is 11.9 Å². The summed E-state index contributed by atoms with van der Waals surface area (Å²) in [4.78, 5) is 22.1. The first-order valence-corrected chi connectivity index (χ1v) is 9.14. The number of carbonyl (C=O) groups is 2. The van der Waals surface area contributed by atoms with Crippen molar-refractivity contribution in [3.8, 4) is 11.8 Å². The van der Waals surface area contributed by atoms with Crippen LogP contribution in [0.15, 0.2) is 24.3 Å². The summed E-state index contributed by atoms with van der Waals surface area (Å²) in [5.41, 5.74) is 0. The molecule has 140 valence electrons. The van der Waals surface area contributed by atoms with E-state index in [2.05, 4.69) is 35.7 Å². The van der Waals surface area contributed by atoms with Gasteiger partial charge < -0.3 is 9.47 Å². The van der Waals surface area contributed by atoms with Gasteiger partial charge in [0.1, 0.15) is 0 Å². The van der Waals surface area contributed by atoms with Gasteiger partial charge in [0.05, 0.1) is 7.11 Å². The molecule has 0 rings (SSSR count). The quantitative estimate of drug-likeness (QED) is 0.221. The van der Waals surface area contributed by atoms with Gasteiger partial charge in [-0.1, -0.05) is 56.3 Å². The van der Waals surface area contributed by atoms with Crippen molar-refractivity contribution in [3.05, 3.63) is 24.3 Å². The van der Waals surface area contributed by atoms with E-state index in [1.807, 2.05) is 12.2 Å². The zero-order valence-corrected chi connectivity index (χ0v) is 15.9. The van der Waals surface area contributed by atoms with Gasteiger partial charge in [0.2, 0.25) is 0 Å². The average molecular weight is 348 g/mol. The van der Waals surface area contributed by atoms with Crippen molar-refractivity contribution < 1.29 is 19.1 Å². The van der Waals surface area contributed by atoms with Gasteiger partial charge in [-0.05, 0) is 31.8 Å². The molecule has 25 heavy (non-hydrogen) atoms. The molecule has 0 aliphatic rings. The van der Waals surface area contributed by atoms with E-state index in [0.29, 0.717) is 6.42 Å². The van der Waals surface area contributed by atoms with Gasteiger partial charge in [0.15, 0.2) is 6.10 Å². The lowest BCUT2D eigenvalue weighted by molar-refractivity contribution is -0.142. The van der Waals surface area contributed by atoms with Crippen LogP contribution in [0.5, 0.6) is 0 Å². The minimum atomic E-state index is -0.465. The smallest absolute Gasteiger partial charge is 0.305 e. The third-order valence-electron chi connectivity index (χ3n) is 3.43. The first-order valence-electron chi connectivity index (χ1n) is 9.14. The summed E-state index contributed by atoms with van der Waals surface area (Å²) in [6.07, 6.45) is 15.8. The minimum absolute atomic E-state index is 0.138. The second kappa shape index (κ2) is 16.8. The van der Waals surface area contributed by atoms with E-state index in [9.17, 15) is 9.59 Å². The number of ether oxygens (including phenoxy) is 2. The molecule has 0 aromatic carbocycles. The molecular formula is C21H32O4. The second-order valence-electron chi connectivity index (χ2n) is 5.74. The molecule has 0 aliphatic carbocycles. The van der Waals surface area contributed by atoms with Crippen molar-refractivity contribution in [2.24, 2.45) is 0 Å². The van der Waals surface area contributed by atoms with E-state index in [-0.39, 0.29) is 11.9 Å². The lowest BCUT2D eigenvalue weighted by Gasteiger charge is -2.05. The molecule has 0 aromatic heterocycles.